The minimum atomic E-state index is -0.443. The highest BCUT2D eigenvalue weighted by Gasteiger charge is 2.19. The number of ketones is 1. The van der Waals surface area contributed by atoms with Crippen LogP contribution in [0.5, 0.6) is 0 Å². The van der Waals surface area contributed by atoms with Crippen molar-refractivity contribution in [2.24, 2.45) is 11.7 Å². The van der Waals surface area contributed by atoms with E-state index in [0.717, 1.165) is 6.42 Å². The summed E-state index contributed by atoms with van der Waals surface area (Å²) < 4.78 is 0. The maximum absolute atomic E-state index is 11.4. The van der Waals surface area contributed by atoms with Gasteiger partial charge in [0.1, 0.15) is 5.78 Å². The Morgan fingerprint density at radius 2 is 1.59 bits per heavy atom. The largest absolute Gasteiger partial charge is 0.352 e. The minimum absolute atomic E-state index is 0.0352. The van der Waals surface area contributed by atoms with Gasteiger partial charge in [-0.05, 0) is 26.3 Å². The van der Waals surface area contributed by atoms with E-state index in [1.54, 1.807) is 7.05 Å². The van der Waals surface area contributed by atoms with Gasteiger partial charge in [-0.15, -0.1) is 0 Å². The number of nitrogens with two attached hydrogens (primary N) is 1. The number of hydrogen-bond acceptors (Lipinski definition) is 4. The number of carbonyl (C=O) groups is 3. The van der Waals surface area contributed by atoms with Crippen molar-refractivity contribution in [3.8, 4) is 0 Å². The first-order valence-electron chi connectivity index (χ1n) is 7.73. The van der Waals surface area contributed by atoms with E-state index in [2.05, 4.69) is 16.0 Å². The van der Waals surface area contributed by atoms with Gasteiger partial charge < -0.3 is 21.7 Å². The molecule has 1 unspecified atom stereocenters. The van der Waals surface area contributed by atoms with Crippen LogP contribution in [0, 0.1) is 5.92 Å². The number of Topliss-reactive ketones (excluding diaryl/α,β-unsaturated/α-hetero) is 1. The van der Waals surface area contributed by atoms with Crippen LogP contribution in [0.3, 0.4) is 0 Å². The maximum atomic E-state index is 11.4. The Morgan fingerprint density at radius 3 is 1.82 bits per heavy atom. The highest BCUT2D eigenvalue weighted by atomic mass is 16.2. The minimum Gasteiger partial charge on any atom is -0.352 e. The molecule has 5 N–H and O–H groups in total. The second kappa shape index (κ2) is 17.4. The molecule has 0 aromatic carbocycles. The summed E-state index contributed by atoms with van der Waals surface area (Å²) in [4.78, 5) is 31.9. The van der Waals surface area contributed by atoms with Crippen molar-refractivity contribution in [3.05, 3.63) is 0 Å². The number of nitrogens with one attached hydrogen (secondary N) is 3. The number of hydrogen-bond donors (Lipinski definition) is 4. The lowest BCUT2D eigenvalue weighted by molar-refractivity contribution is -0.126. The lowest BCUT2D eigenvalue weighted by Crippen LogP contribution is -2.46. The molecular formula is C15H34N4O3. The molecule has 0 aromatic heterocycles. The summed E-state index contributed by atoms with van der Waals surface area (Å²) in [7, 11) is 1.73. The molecule has 132 valence electrons. The molecule has 3 amide bonds. The third kappa shape index (κ3) is 18.4. The van der Waals surface area contributed by atoms with Crippen LogP contribution in [0.2, 0.25) is 0 Å². The van der Waals surface area contributed by atoms with Gasteiger partial charge in [0.05, 0.1) is 12.6 Å². The lowest BCUT2D eigenvalue weighted by Gasteiger charge is -2.18. The molecule has 0 aliphatic rings. The zero-order valence-corrected chi connectivity index (χ0v) is 15.1. The topological polar surface area (TPSA) is 113 Å². The molecule has 22 heavy (non-hydrogen) atoms. The van der Waals surface area contributed by atoms with Crippen molar-refractivity contribution in [2.45, 2.75) is 54.0 Å². The third-order valence-corrected chi connectivity index (χ3v) is 2.32. The van der Waals surface area contributed by atoms with Crippen molar-refractivity contribution in [1.29, 1.82) is 0 Å². The summed E-state index contributed by atoms with van der Waals surface area (Å²) in [6, 6.07) is -0.666. The van der Waals surface area contributed by atoms with Crippen molar-refractivity contribution in [1.82, 2.24) is 16.0 Å². The maximum Gasteiger partial charge on any atom is 0.312 e. The number of likely N-dealkylation sites (N-methyl/N-ethyl adjacent to an activating group) is 1. The number of carbonyl (C=O) groups excluding carboxylic acids is 3. The average Bonchev–Trinajstić information content (AvgIpc) is 2.46. The van der Waals surface area contributed by atoms with Crippen LogP contribution in [-0.2, 0) is 9.59 Å². The van der Waals surface area contributed by atoms with Crippen molar-refractivity contribution >= 4 is 17.7 Å². The zero-order valence-electron chi connectivity index (χ0n) is 15.1. The number of rotatable bonds is 7. The van der Waals surface area contributed by atoms with E-state index in [4.69, 9.17) is 5.73 Å². The van der Waals surface area contributed by atoms with Gasteiger partial charge in [-0.3, -0.25) is 9.59 Å². The number of primary amides is 1. The fourth-order valence-corrected chi connectivity index (χ4v) is 1.34. The molecule has 0 aliphatic carbocycles. The number of urea groups is 1. The van der Waals surface area contributed by atoms with Gasteiger partial charge in [-0.25, -0.2) is 4.79 Å². The van der Waals surface area contributed by atoms with Crippen molar-refractivity contribution in [2.75, 3.05) is 20.1 Å². The lowest BCUT2D eigenvalue weighted by atomic mass is 10.0. The Labute approximate surface area is 134 Å². The molecule has 0 heterocycles. The SMILES string of the molecule is CC.CCCNC(N)=O.CNC(C(=O)NCC(C)=O)C(C)C. The third-order valence-electron chi connectivity index (χ3n) is 2.32. The molecule has 1 atom stereocenters. The van der Waals surface area contributed by atoms with Gasteiger partial charge in [-0.2, -0.15) is 0 Å². The van der Waals surface area contributed by atoms with E-state index in [-0.39, 0.29) is 30.2 Å². The van der Waals surface area contributed by atoms with Gasteiger partial charge in [0, 0.05) is 6.54 Å². The molecule has 0 radical (unpaired) electrons. The first-order chi connectivity index (χ1) is 10.3. The second-order valence-electron chi connectivity index (χ2n) is 4.72. The van der Waals surface area contributed by atoms with E-state index in [1.807, 2.05) is 34.6 Å². The normalized spacial score (nSPS) is 10.4. The second-order valence-corrected chi connectivity index (χ2v) is 4.72. The van der Waals surface area contributed by atoms with Gasteiger partial charge in [0.15, 0.2) is 0 Å². The quantitative estimate of drug-likeness (QED) is 0.561. The first kappa shape index (κ1) is 25.3. The Morgan fingerprint density at radius 1 is 1.09 bits per heavy atom. The summed E-state index contributed by atoms with van der Waals surface area (Å²) in [6.07, 6.45) is 0.933. The smallest absolute Gasteiger partial charge is 0.312 e. The molecule has 0 saturated carbocycles. The predicted octanol–water partition coefficient (Wildman–Crippen LogP) is 1.03. The van der Waals surface area contributed by atoms with Crippen molar-refractivity contribution in [3.63, 3.8) is 0 Å². The molecule has 7 nitrogen and oxygen atoms in total. The molecule has 0 aromatic rings. The molecular weight excluding hydrogens is 284 g/mol. The molecule has 7 heteroatoms. The van der Waals surface area contributed by atoms with Crippen LogP contribution in [0.15, 0.2) is 0 Å². The summed E-state index contributed by atoms with van der Waals surface area (Å²) >= 11 is 0. The fourth-order valence-electron chi connectivity index (χ4n) is 1.34. The van der Waals surface area contributed by atoms with Crippen LogP contribution >= 0.6 is 0 Å². The molecule has 0 aliphatic heterocycles. The molecule has 0 fully saturated rings. The van der Waals surface area contributed by atoms with Crippen LogP contribution in [0.4, 0.5) is 4.79 Å². The summed E-state index contributed by atoms with van der Waals surface area (Å²) in [5.74, 6) is 0.0663. The monoisotopic (exact) mass is 318 g/mol. The molecule has 0 saturated heterocycles. The Bertz CT molecular complexity index is 307. The summed E-state index contributed by atoms with van der Waals surface area (Å²) in [6.45, 7) is 12.1. The molecule has 0 rings (SSSR count). The molecule has 0 bridgehead atoms. The van der Waals surface area contributed by atoms with E-state index >= 15 is 0 Å². The van der Waals surface area contributed by atoms with Crippen LogP contribution < -0.4 is 21.7 Å². The van der Waals surface area contributed by atoms with Gasteiger partial charge >= 0.3 is 6.03 Å². The van der Waals surface area contributed by atoms with Crippen molar-refractivity contribution < 1.29 is 14.4 Å². The van der Waals surface area contributed by atoms with Crippen LogP contribution in [-0.4, -0.2) is 43.9 Å². The summed E-state index contributed by atoms with van der Waals surface area (Å²) in [5.41, 5.74) is 4.73. The van der Waals surface area contributed by atoms with E-state index in [9.17, 15) is 14.4 Å². The zero-order chi connectivity index (χ0) is 18.1. The Kier molecular flexibility index (Phi) is 20.1. The van der Waals surface area contributed by atoms with E-state index < -0.39 is 6.03 Å². The van der Waals surface area contributed by atoms with Gasteiger partial charge in [0.25, 0.3) is 0 Å². The summed E-state index contributed by atoms with van der Waals surface area (Å²) in [5, 5.41) is 7.90. The van der Waals surface area contributed by atoms with Gasteiger partial charge in [-0.1, -0.05) is 34.6 Å². The number of amides is 3. The van der Waals surface area contributed by atoms with Crippen LogP contribution in [0.25, 0.3) is 0 Å². The fraction of sp³-hybridized carbons (Fsp3) is 0.800. The highest BCUT2D eigenvalue weighted by molar-refractivity contribution is 5.87. The standard InChI is InChI=1S/C9H18N2O2.C4H10N2O.C2H6/c1-6(2)8(10-4)9(13)11-5-7(3)12;1-2-3-6-4(5)7;1-2/h6,8,10H,5H2,1-4H3,(H,11,13);2-3H2,1H3,(H3,5,6,7);1-2H3. The molecule has 0 spiro atoms. The first-order valence-corrected chi connectivity index (χ1v) is 7.73. The van der Waals surface area contributed by atoms with Crippen LogP contribution in [0.1, 0.15) is 48.0 Å². The average molecular weight is 318 g/mol. The Hall–Kier alpha value is -1.63. The Balaban J connectivity index is -0.000000339. The highest BCUT2D eigenvalue weighted by Crippen LogP contribution is 2.00. The van der Waals surface area contributed by atoms with E-state index in [0.29, 0.717) is 6.54 Å². The van der Waals surface area contributed by atoms with Gasteiger partial charge in [0.2, 0.25) is 5.91 Å². The predicted molar refractivity (Wildman–Crippen MR) is 90.6 cm³/mol. The van der Waals surface area contributed by atoms with E-state index in [1.165, 1.54) is 6.92 Å².